The van der Waals surface area contributed by atoms with Gasteiger partial charge in [0.05, 0.1) is 0 Å². The van der Waals surface area contributed by atoms with E-state index in [0.717, 1.165) is 0 Å². The Morgan fingerprint density at radius 2 is 1.04 bits per heavy atom. The number of rotatable bonds is 4. The molecule has 16 heteroatoms. The molecular formula is C10H6F15N. The highest BCUT2D eigenvalue weighted by atomic mass is 19.4. The normalized spacial score (nSPS) is 18.5. The molecule has 0 saturated carbocycles. The molecular weight excluding hydrogens is 419 g/mol. The average molecular weight is 425 g/mol. The van der Waals surface area contributed by atoms with Gasteiger partial charge in [0, 0.05) is 0 Å². The van der Waals surface area contributed by atoms with Crippen LogP contribution >= 0.6 is 0 Å². The molecule has 0 aromatic rings. The molecule has 0 heterocycles. The quantitative estimate of drug-likeness (QED) is 0.592. The maximum atomic E-state index is 13.5. The molecule has 0 aromatic heterocycles. The van der Waals surface area contributed by atoms with Crippen molar-refractivity contribution >= 4 is 0 Å². The van der Waals surface area contributed by atoms with Crippen molar-refractivity contribution in [3.63, 3.8) is 0 Å². The van der Waals surface area contributed by atoms with E-state index in [-0.39, 0.29) is 12.2 Å². The third-order valence-electron chi connectivity index (χ3n) is 2.82. The number of hydrogen-bond acceptors (Lipinski definition) is 1. The Morgan fingerprint density at radius 3 is 1.23 bits per heavy atom. The van der Waals surface area contributed by atoms with Gasteiger partial charge in [-0.25, -0.2) is 4.39 Å². The summed E-state index contributed by atoms with van der Waals surface area (Å²) in [6, 6.07) is 0. The molecule has 1 unspecified atom stereocenters. The molecule has 1 nitrogen and oxygen atoms in total. The number of allylic oxidation sites excluding steroid dienone is 1. The minimum Gasteiger partial charge on any atom is -0.295 e. The van der Waals surface area contributed by atoms with Gasteiger partial charge >= 0.3 is 30.6 Å². The lowest BCUT2D eigenvalue weighted by molar-refractivity contribution is -0.358. The molecule has 1 N–H and O–H groups in total. The van der Waals surface area contributed by atoms with Crippen molar-refractivity contribution in [3.8, 4) is 0 Å². The first kappa shape index (κ1) is 24.7. The van der Waals surface area contributed by atoms with Crippen LogP contribution in [-0.4, -0.2) is 42.7 Å². The van der Waals surface area contributed by atoms with Crippen LogP contribution in [0.5, 0.6) is 0 Å². The summed E-state index contributed by atoms with van der Waals surface area (Å²) in [5, 5.41) is 0.0297. The SMILES string of the molecule is CCNC(/C(=C(\F)C(F)(F)F)C(F)(F)F)(C(F)(F)F)C(F)(F)C(F)(F)F. The Bertz CT molecular complexity index is 531. The number of alkyl halides is 14. The summed E-state index contributed by atoms with van der Waals surface area (Å²) in [7, 11) is 0. The Labute approximate surface area is 133 Å². The Hall–Kier alpha value is -1.35. The minimum absolute atomic E-state index is 0.0297. The molecule has 26 heavy (non-hydrogen) atoms. The van der Waals surface area contributed by atoms with E-state index in [9.17, 15) is 65.9 Å². The zero-order valence-electron chi connectivity index (χ0n) is 11.9. The number of halogens is 15. The van der Waals surface area contributed by atoms with Crippen LogP contribution in [0.2, 0.25) is 0 Å². The van der Waals surface area contributed by atoms with E-state index in [0.29, 0.717) is 0 Å². The summed E-state index contributed by atoms with van der Waals surface area (Å²) in [6.45, 7) is -1.48. The highest BCUT2D eigenvalue weighted by Crippen LogP contribution is 2.58. The van der Waals surface area contributed by atoms with E-state index >= 15 is 0 Å². The van der Waals surface area contributed by atoms with Crippen LogP contribution in [0.25, 0.3) is 0 Å². The van der Waals surface area contributed by atoms with Crippen LogP contribution in [-0.2, 0) is 0 Å². The second-order valence-corrected chi connectivity index (χ2v) is 4.53. The molecule has 0 aliphatic carbocycles. The summed E-state index contributed by atoms with van der Waals surface area (Å²) in [5.74, 6) is -12.3. The molecule has 0 bridgehead atoms. The molecule has 0 spiro atoms. The molecule has 1 atom stereocenters. The standard InChI is InChI=1S/C10H6F15N/c1-2-26-5(9(20,21)22,8(18,19)10(23,24)25)3(6(12,13)14)4(11)7(15,16)17/h26H,2H2,1H3/b4-3+. The monoisotopic (exact) mass is 425 g/mol. The van der Waals surface area contributed by atoms with Crippen molar-refractivity contribution < 1.29 is 65.9 Å². The summed E-state index contributed by atoms with van der Waals surface area (Å²) >= 11 is 0. The van der Waals surface area contributed by atoms with E-state index < -0.39 is 54.1 Å². The fraction of sp³-hybridized carbons (Fsp3) is 0.800. The van der Waals surface area contributed by atoms with Gasteiger partial charge in [-0.3, -0.25) is 5.32 Å². The molecule has 0 amide bonds. The highest BCUT2D eigenvalue weighted by Gasteiger charge is 2.84. The van der Waals surface area contributed by atoms with E-state index in [4.69, 9.17) is 0 Å². The Kier molecular flexibility index (Phi) is 6.32. The van der Waals surface area contributed by atoms with Gasteiger partial charge in [0.25, 0.3) is 0 Å². The van der Waals surface area contributed by atoms with Crippen LogP contribution in [0, 0.1) is 0 Å². The van der Waals surface area contributed by atoms with Gasteiger partial charge in [-0.1, -0.05) is 6.92 Å². The molecule has 0 aromatic carbocycles. The molecule has 0 radical (unpaired) electrons. The maximum absolute atomic E-state index is 13.5. The van der Waals surface area contributed by atoms with Crippen molar-refractivity contribution in [3.05, 3.63) is 11.4 Å². The molecule has 156 valence electrons. The van der Waals surface area contributed by atoms with E-state index in [1.54, 1.807) is 0 Å². The van der Waals surface area contributed by atoms with Crippen LogP contribution < -0.4 is 5.32 Å². The third-order valence-corrected chi connectivity index (χ3v) is 2.82. The van der Waals surface area contributed by atoms with Crippen molar-refractivity contribution in [2.45, 2.75) is 43.1 Å². The predicted molar refractivity (Wildman–Crippen MR) is 53.7 cm³/mol. The maximum Gasteiger partial charge on any atom is 0.456 e. The van der Waals surface area contributed by atoms with Gasteiger partial charge in [-0.15, -0.1) is 0 Å². The van der Waals surface area contributed by atoms with Gasteiger partial charge in [0.2, 0.25) is 11.4 Å². The number of likely N-dealkylation sites (N-methyl/N-ethyl adjacent to an activating group) is 1. The van der Waals surface area contributed by atoms with Gasteiger partial charge in [0.1, 0.15) is 5.57 Å². The van der Waals surface area contributed by atoms with Crippen LogP contribution in [0.4, 0.5) is 65.9 Å². The fourth-order valence-electron chi connectivity index (χ4n) is 1.90. The lowest BCUT2D eigenvalue weighted by Gasteiger charge is -2.44. The van der Waals surface area contributed by atoms with E-state index in [2.05, 4.69) is 0 Å². The van der Waals surface area contributed by atoms with E-state index in [1.165, 1.54) is 0 Å². The van der Waals surface area contributed by atoms with Crippen LogP contribution in [0.3, 0.4) is 0 Å². The van der Waals surface area contributed by atoms with Crippen molar-refractivity contribution in [2.24, 2.45) is 0 Å². The lowest BCUT2D eigenvalue weighted by Crippen LogP contribution is -2.74. The van der Waals surface area contributed by atoms with Gasteiger partial charge in [0.15, 0.2) is 0 Å². The summed E-state index contributed by atoms with van der Waals surface area (Å²) in [4.78, 5) is 0. The summed E-state index contributed by atoms with van der Waals surface area (Å²) in [6.07, 6.45) is -29.0. The van der Waals surface area contributed by atoms with Crippen molar-refractivity contribution in [2.75, 3.05) is 6.54 Å². The first-order chi connectivity index (χ1) is 11.1. The topological polar surface area (TPSA) is 12.0 Å². The van der Waals surface area contributed by atoms with Crippen LogP contribution in [0.15, 0.2) is 11.4 Å². The molecule has 0 fully saturated rings. The minimum atomic E-state index is -7.54. The first-order valence-electron chi connectivity index (χ1n) is 5.90. The second-order valence-electron chi connectivity index (χ2n) is 4.53. The number of nitrogens with one attached hydrogen (secondary N) is 1. The average Bonchev–Trinajstić information content (AvgIpc) is 2.31. The Balaban J connectivity index is 7.57. The number of hydrogen-bond donors (Lipinski definition) is 1. The largest absolute Gasteiger partial charge is 0.456 e. The predicted octanol–water partition coefficient (Wildman–Crippen LogP) is 5.44. The summed E-state index contributed by atoms with van der Waals surface area (Å²) in [5.41, 5.74) is -11.6. The zero-order valence-corrected chi connectivity index (χ0v) is 11.9. The van der Waals surface area contributed by atoms with Gasteiger partial charge in [-0.05, 0) is 6.54 Å². The zero-order chi connectivity index (χ0) is 21.6. The Morgan fingerprint density at radius 1 is 0.654 bits per heavy atom. The lowest BCUT2D eigenvalue weighted by atomic mass is 9.80. The third kappa shape index (κ3) is 3.98. The highest BCUT2D eigenvalue weighted by molar-refractivity contribution is 5.37. The molecule has 0 rings (SSSR count). The van der Waals surface area contributed by atoms with E-state index in [1.807, 2.05) is 0 Å². The fourth-order valence-corrected chi connectivity index (χ4v) is 1.90. The van der Waals surface area contributed by atoms with Gasteiger partial charge in [-0.2, -0.15) is 61.5 Å². The molecule has 0 aliphatic heterocycles. The smallest absolute Gasteiger partial charge is 0.295 e. The molecule has 0 aliphatic rings. The van der Waals surface area contributed by atoms with Crippen molar-refractivity contribution in [1.82, 2.24) is 5.32 Å². The van der Waals surface area contributed by atoms with Gasteiger partial charge < -0.3 is 0 Å². The summed E-state index contributed by atoms with van der Waals surface area (Å²) < 4.78 is 191. The molecule has 0 saturated heterocycles. The van der Waals surface area contributed by atoms with Crippen molar-refractivity contribution in [1.29, 1.82) is 0 Å². The van der Waals surface area contributed by atoms with Crippen LogP contribution in [0.1, 0.15) is 6.92 Å². The first-order valence-corrected chi connectivity index (χ1v) is 5.90. The second kappa shape index (κ2) is 6.67.